The Labute approximate surface area is 158 Å². The molecule has 0 aliphatic carbocycles. The van der Waals surface area contributed by atoms with E-state index in [1.807, 2.05) is 52.0 Å². The monoisotopic (exact) mass is 369 g/mol. The lowest BCUT2D eigenvalue weighted by Crippen LogP contribution is -2.13. The first-order valence-electron chi connectivity index (χ1n) is 8.50. The fourth-order valence-electron chi connectivity index (χ4n) is 2.45. The molecule has 0 saturated heterocycles. The van der Waals surface area contributed by atoms with Crippen molar-refractivity contribution in [3.05, 3.63) is 46.6 Å². The number of nitrogens with zero attached hydrogens (tertiary/aromatic N) is 2. The number of aryl methyl sites for hydroxylation is 1. The summed E-state index contributed by atoms with van der Waals surface area (Å²) in [4.78, 5) is 16.7. The van der Waals surface area contributed by atoms with Crippen LogP contribution in [-0.2, 0) is 4.79 Å². The quantitative estimate of drug-likeness (QED) is 0.732. The molecule has 0 aliphatic rings. The van der Waals surface area contributed by atoms with Crippen LogP contribution in [-0.4, -0.2) is 23.3 Å². The molecule has 0 atom stereocenters. The molecule has 1 N–H and O–H groups in total. The highest BCUT2D eigenvalue weighted by atomic mass is 32.2. The number of aromatic nitrogens is 1. The SMILES string of the molecule is CCOc1ccccc1NC(=O)CCSc1nc(C)c(C)c(C)c1C#N. The summed E-state index contributed by atoms with van der Waals surface area (Å²) in [7, 11) is 0. The molecule has 1 aromatic carbocycles. The molecule has 1 aromatic heterocycles. The second kappa shape index (κ2) is 9.25. The average molecular weight is 369 g/mol. The van der Waals surface area contributed by atoms with Gasteiger partial charge < -0.3 is 10.1 Å². The van der Waals surface area contributed by atoms with Gasteiger partial charge >= 0.3 is 0 Å². The number of hydrogen-bond donors (Lipinski definition) is 1. The highest BCUT2D eigenvalue weighted by molar-refractivity contribution is 7.99. The number of nitrogens with one attached hydrogen (secondary N) is 1. The maximum absolute atomic E-state index is 12.2. The molecule has 0 spiro atoms. The van der Waals surface area contributed by atoms with E-state index in [4.69, 9.17) is 4.74 Å². The zero-order valence-electron chi connectivity index (χ0n) is 15.5. The van der Waals surface area contributed by atoms with Crippen molar-refractivity contribution < 1.29 is 9.53 Å². The molecule has 5 nitrogen and oxygen atoms in total. The van der Waals surface area contributed by atoms with Crippen LogP contribution in [0.1, 0.15) is 35.7 Å². The van der Waals surface area contributed by atoms with Gasteiger partial charge in [-0.25, -0.2) is 4.98 Å². The van der Waals surface area contributed by atoms with Gasteiger partial charge in [0, 0.05) is 17.9 Å². The molecular formula is C20H23N3O2S. The van der Waals surface area contributed by atoms with Gasteiger partial charge in [-0.2, -0.15) is 5.26 Å². The van der Waals surface area contributed by atoms with Gasteiger partial charge in [-0.1, -0.05) is 12.1 Å². The summed E-state index contributed by atoms with van der Waals surface area (Å²) in [5.74, 6) is 1.12. The lowest BCUT2D eigenvalue weighted by atomic mass is 10.1. The van der Waals surface area contributed by atoms with Crippen molar-refractivity contribution in [2.24, 2.45) is 0 Å². The summed E-state index contributed by atoms with van der Waals surface area (Å²) in [5.41, 5.74) is 4.18. The maximum atomic E-state index is 12.2. The second-order valence-corrected chi connectivity index (χ2v) is 6.90. The Bertz CT molecular complexity index is 844. The number of carbonyl (C=O) groups excluding carboxylic acids is 1. The van der Waals surface area contributed by atoms with E-state index in [1.54, 1.807) is 0 Å². The van der Waals surface area contributed by atoms with Crippen molar-refractivity contribution in [2.75, 3.05) is 17.7 Å². The third-order valence-electron chi connectivity index (χ3n) is 4.10. The van der Waals surface area contributed by atoms with E-state index in [1.165, 1.54) is 11.8 Å². The largest absolute Gasteiger partial charge is 0.492 e. The molecule has 0 saturated carbocycles. The third kappa shape index (κ3) is 4.77. The van der Waals surface area contributed by atoms with E-state index in [-0.39, 0.29) is 5.91 Å². The first-order valence-corrected chi connectivity index (χ1v) is 9.48. The molecule has 0 fully saturated rings. The Balaban J connectivity index is 1.99. The normalized spacial score (nSPS) is 10.3. The number of nitriles is 1. The van der Waals surface area contributed by atoms with E-state index in [9.17, 15) is 10.1 Å². The molecule has 0 aliphatic heterocycles. The Morgan fingerprint density at radius 3 is 2.69 bits per heavy atom. The van der Waals surface area contributed by atoms with Crippen LogP contribution in [0.4, 0.5) is 5.69 Å². The molecule has 1 heterocycles. The second-order valence-electron chi connectivity index (χ2n) is 5.81. The number of benzene rings is 1. The van der Waals surface area contributed by atoms with Gasteiger partial charge in [0.2, 0.25) is 5.91 Å². The number of para-hydroxylation sites is 2. The highest BCUT2D eigenvalue weighted by Gasteiger charge is 2.14. The van der Waals surface area contributed by atoms with E-state index in [2.05, 4.69) is 16.4 Å². The number of anilines is 1. The minimum atomic E-state index is -0.0938. The van der Waals surface area contributed by atoms with E-state index >= 15 is 0 Å². The van der Waals surface area contributed by atoms with Crippen LogP contribution in [0.15, 0.2) is 29.3 Å². The number of hydrogen-bond acceptors (Lipinski definition) is 5. The maximum Gasteiger partial charge on any atom is 0.225 e. The Morgan fingerprint density at radius 1 is 1.27 bits per heavy atom. The summed E-state index contributed by atoms with van der Waals surface area (Å²) in [6.45, 7) is 8.28. The van der Waals surface area contributed by atoms with E-state index < -0.39 is 0 Å². The minimum Gasteiger partial charge on any atom is -0.492 e. The topological polar surface area (TPSA) is 75.0 Å². The first kappa shape index (κ1) is 19.8. The van der Waals surface area contributed by atoms with Crippen molar-refractivity contribution in [3.63, 3.8) is 0 Å². The Morgan fingerprint density at radius 2 is 2.00 bits per heavy atom. The van der Waals surface area contributed by atoms with Crippen LogP contribution in [0.25, 0.3) is 0 Å². The van der Waals surface area contributed by atoms with E-state index in [0.717, 1.165) is 16.8 Å². The van der Waals surface area contributed by atoms with Gasteiger partial charge in [-0.05, 0) is 51.0 Å². The number of ether oxygens (including phenoxy) is 1. The molecule has 2 aromatic rings. The summed E-state index contributed by atoms with van der Waals surface area (Å²) >= 11 is 1.44. The molecule has 136 valence electrons. The van der Waals surface area contributed by atoms with Crippen molar-refractivity contribution >= 4 is 23.4 Å². The molecule has 1 amide bonds. The Hall–Kier alpha value is -2.52. The van der Waals surface area contributed by atoms with Crippen LogP contribution in [0.2, 0.25) is 0 Å². The van der Waals surface area contributed by atoms with Gasteiger partial charge in [0.05, 0.1) is 17.9 Å². The first-order chi connectivity index (χ1) is 12.5. The van der Waals surface area contributed by atoms with Gasteiger partial charge in [0.25, 0.3) is 0 Å². The Kier molecular flexibility index (Phi) is 7.05. The lowest BCUT2D eigenvalue weighted by Gasteiger charge is -2.12. The van der Waals surface area contributed by atoms with Gasteiger partial charge in [-0.3, -0.25) is 4.79 Å². The molecular weight excluding hydrogens is 346 g/mol. The molecule has 0 bridgehead atoms. The predicted molar refractivity (Wildman–Crippen MR) is 105 cm³/mol. The molecule has 6 heteroatoms. The van der Waals surface area contributed by atoms with Crippen LogP contribution in [0.3, 0.4) is 0 Å². The molecule has 0 radical (unpaired) electrons. The standard InChI is InChI=1S/C20H23N3O2S/c1-5-25-18-9-7-6-8-17(18)23-19(24)10-11-26-20-16(12-21)14(3)13(2)15(4)22-20/h6-9H,5,10-11H2,1-4H3,(H,23,24). The van der Waals surface area contributed by atoms with Crippen molar-refractivity contribution in [1.82, 2.24) is 4.98 Å². The van der Waals surface area contributed by atoms with Crippen LogP contribution < -0.4 is 10.1 Å². The molecule has 26 heavy (non-hydrogen) atoms. The van der Waals surface area contributed by atoms with Crippen molar-refractivity contribution in [1.29, 1.82) is 5.26 Å². The zero-order chi connectivity index (χ0) is 19.1. The fourth-order valence-corrected chi connectivity index (χ4v) is 3.48. The number of thioether (sulfide) groups is 1. The summed E-state index contributed by atoms with van der Waals surface area (Å²) in [6.07, 6.45) is 0.323. The number of pyridine rings is 1. The van der Waals surface area contributed by atoms with Crippen LogP contribution >= 0.6 is 11.8 Å². The summed E-state index contributed by atoms with van der Waals surface area (Å²) in [5, 5.41) is 13.0. The van der Waals surface area contributed by atoms with Crippen LogP contribution in [0, 0.1) is 32.1 Å². The van der Waals surface area contributed by atoms with Crippen molar-refractivity contribution in [2.45, 2.75) is 39.1 Å². The predicted octanol–water partition coefficient (Wildman–Crippen LogP) is 4.40. The summed E-state index contributed by atoms with van der Waals surface area (Å²) < 4.78 is 5.51. The van der Waals surface area contributed by atoms with Crippen molar-refractivity contribution in [3.8, 4) is 11.8 Å². The van der Waals surface area contributed by atoms with Gasteiger partial charge in [0.1, 0.15) is 16.8 Å². The molecule has 2 rings (SSSR count). The highest BCUT2D eigenvalue weighted by Crippen LogP contribution is 2.27. The van der Waals surface area contributed by atoms with E-state index in [0.29, 0.717) is 40.8 Å². The fraction of sp³-hybridized carbons (Fsp3) is 0.350. The number of amides is 1. The third-order valence-corrected chi connectivity index (χ3v) is 5.08. The van der Waals surface area contributed by atoms with Crippen LogP contribution in [0.5, 0.6) is 5.75 Å². The smallest absolute Gasteiger partial charge is 0.225 e. The number of rotatable bonds is 7. The molecule has 0 unspecified atom stereocenters. The number of carbonyl (C=O) groups is 1. The minimum absolute atomic E-state index is 0.0938. The van der Waals surface area contributed by atoms with Gasteiger partial charge in [-0.15, -0.1) is 11.8 Å². The van der Waals surface area contributed by atoms with Gasteiger partial charge in [0.15, 0.2) is 0 Å². The summed E-state index contributed by atoms with van der Waals surface area (Å²) in [6, 6.07) is 9.60. The lowest BCUT2D eigenvalue weighted by molar-refractivity contribution is -0.115. The average Bonchev–Trinajstić information content (AvgIpc) is 2.62. The zero-order valence-corrected chi connectivity index (χ0v) is 16.4.